The summed E-state index contributed by atoms with van der Waals surface area (Å²) in [6.45, 7) is 0.629. The Balaban J connectivity index is 1.54. The van der Waals surface area contributed by atoms with Crippen molar-refractivity contribution >= 4 is 0 Å². The van der Waals surface area contributed by atoms with Crippen molar-refractivity contribution in [2.45, 2.75) is 18.3 Å². The van der Waals surface area contributed by atoms with E-state index in [1.54, 1.807) is 19.2 Å². The summed E-state index contributed by atoms with van der Waals surface area (Å²) >= 11 is 0. The summed E-state index contributed by atoms with van der Waals surface area (Å²) in [5.41, 5.74) is 21.7. The number of nitriles is 1. The minimum Gasteiger partial charge on any atom is -0.497 e. The molecule has 9 heteroatoms. The lowest BCUT2D eigenvalue weighted by Gasteiger charge is -2.40. The van der Waals surface area contributed by atoms with E-state index in [-0.39, 0.29) is 41.5 Å². The van der Waals surface area contributed by atoms with Gasteiger partial charge in [-0.2, -0.15) is 5.26 Å². The Morgan fingerprint density at radius 3 is 2.41 bits per heavy atom. The molecule has 166 valence electrons. The number of nitrogens with one attached hydrogen (secondary N) is 4. The van der Waals surface area contributed by atoms with Crippen LogP contribution in [0.15, 0.2) is 60.0 Å². The lowest BCUT2D eigenvalue weighted by molar-refractivity contribution is 0.00572. The van der Waals surface area contributed by atoms with Crippen LogP contribution in [0.3, 0.4) is 0 Å². The van der Waals surface area contributed by atoms with Crippen LogP contribution in [-0.2, 0) is 4.74 Å². The number of nitrogens with zero attached hydrogens (tertiary/aromatic N) is 1. The highest BCUT2D eigenvalue weighted by Gasteiger charge is 2.53. The maximum atomic E-state index is 13.5. The second-order valence-electron chi connectivity index (χ2n) is 8.29. The standard InChI is InChI=1S/C23H25FN6O2/c1-31-15-8-4-13(5-9-15)21-19-18(16(10-25)22(26)32-23(19)30-29-21)17-11-27-28-20(17)12-2-6-14(24)7-3-12/h2-9,17-21,23,27-30H,11,26H2,1H3. The van der Waals surface area contributed by atoms with E-state index in [1.807, 2.05) is 24.3 Å². The molecule has 2 fully saturated rings. The average molecular weight is 436 g/mol. The quantitative estimate of drug-likeness (QED) is 0.492. The fourth-order valence-electron chi connectivity index (χ4n) is 5.19. The first kappa shape index (κ1) is 20.7. The molecule has 3 heterocycles. The van der Waals surface area contributed by atoms with Crippen molar-refractivity contribution in [2.24, 2.45) is 23.5 Å². The van der Waals surface area contributed by atoms with Crippen molar-refractivity contribution in [3.8, 4) is 11.8 Å². The molecular weight excluding hydrogens is 411 g/mol. The molecule has 8 nitrogen and oxygen atoms in total. The number of benzene rings is 2. The molecule has 6 N–H and O–H groups in total. The SMILES string of the molecule is COc1ccc(C2NNC3OC(N)=C(C#N)C(C4CNNC4c4ccc(F)cc4)C32)cc1. The molecule has 0 saturated carbocycles. The third-order valence-electron chi connectivity index (χ3n) is 6.69. The molecule has 0 amide bonds. The van der Waals surface area contributed by atoms with Crippen LogP contribution in [-0.4, -0.2) is 19.9 Å². The van der Waals surface area contributed by atoms with E-state index in [9.17, 15) is 9.65 Å². The molecule has 3 aliphatic heterocycles. The summed E-state index contributed by atoms with van der Waals surface area (Å²) in [4.78, 5) is 0. The number of methoxy groups -OCH3 is 1. The molecule has 6 atom stereocenters. The highest BCUT2D eigenvalue weighted by molar-refractivity contribution is 5.36. The third kappa shape index (κ3) is 3.47. The molecule has 2 aromatic rings. The van der Waals surface area contributed by atoms with Gasteiger partial charge in [-0.1, -0.05) is 24.3 Å². The van der Waals surface area contributed by atoms with Crippen molar-refractivity contribution in [1.29, 1.82) is 5.26 Å². The van der Waals surface area contributed by atoms with Crippen LogP contribution in [0.4, 0.5) is 4.39 Å². The molecule has 2 aromatic carbocycles. The number of fused-ring (bicyclic) bond motifs is 1. The molecule has 0 spiro atoms. The van der Waals surface area contributed by atoms with E-state index in [4.69, 9.17) is 15.2 Å². The van der Waals surface area contributed by atoms with Crippen LogP contribution in [0, 0.1) is 34.9 Å². The van der Waals surface area contributed by atoms with E-state index in [1.165, 1.54) is 12.1 Å². The van der Waals surface area contributed by atoms with Crippen molar-refractivity contribution < 1.29 is 13.9 Å². The number of rotatable bonds is 4. The van der Waals surface area contributed by atoms with Crippen molar-refractivity contribution in [3.05, 3.63) is 76.9 Å². The number of hydrazine groups is 2. The van der Waals surface area contributed by atoms with Gasteiger partial charge in [0, 0.05) is 24.3 Å². The molecular formula is C23H25FN6O2. The summed E-state index contributed by atoms with van der Waals surface area (Å²) in [5, 5.41) is 10.0. The Morgan fingerprint density at radius 1 is 1.03 bits per heavy atom. The Hall–Kier alpha value is -3.16. The van der Waals surface area contributed by atoms with Gasteiger partial charge in [0.15, 0.2) is 12.1 Å². The summed E-state index contributed by atoms with van der Waals surface area (Å²) in [6, 6.07) is 16.4. The number of allylic oxidation sites excluding steroid dienone is 1. The third-order valence-corrected chi connectivity index (χ3v) is 6.69. The van der Waals surface area contributed by atoms with Crippen LogP contribution in [0.1, 0.15) is 23.2 Å². The molecule has 0 bridgehead atoms. The fraction of sp³-hybridized carbons (Fsp3) is 0.348. The zero-order valence-electron chi connectivity index (χ0n) is 17.5. The van der Waals surface area contributed by atoms with Gasteiger partial charge >= 0.3 is 0 Å². The normalized spacial score (nSPS) is 31.7. The molecule has 0 aromatic heterocycles. The van der Waals surface area contributed by atoms with E-state index in [2.05, 4.69) is 27.8 Å². The Bertz CT molecular complexity index is 1050. The van der Waals surface area contributed by atoms with E-state index in [0.717, 1.165) is 16.9 Å². The predicted octanol–water partition coefficient (Wildman–Crippen LogP) is 1.73. The summed E-state index contributed by atoms with van der Waals surface area (Å²) in [7, 11) is 1.63. The minimum absolute atomic E-state index is 0.00694. The van der Waals surface area contributed by atoms with E-state index >= 15 is 0 Å². The molecule has 5 rings (SSSR count). The summed E-state index contributed by atoms with van der Waals surface area (Å²) in [5.74, 6) is 0.328. The summed E-state index contributed by atoms with van der Waals surface area (Å²) in [6.07, 6.45) is -0.390. The van der Waals surface area contributed by atoms with Gasteiger partial charge in [0.25, 0.3) is 0 Å². The first-order chi connectivity index (χ1) is 15.6. The van der Waals surface area contributed by atoms with Crippen LogP contribution < -0.4 is 32.2 Å². The smallest absolute Gasteiger partial charge is 0.200 e. The first-order valence-electron chi connectivity index (χ1n) is 10.6. The highest BCUT2D eigenvalue weighted by atomic mass is 19.1. The lowest BCUT2D eigenvalue weighted by Crippen LogP contribution is -2.45. The maximum Gasteiger partial charge on any atom is 0.200 e. The van der Waals surface area contributed by atoms with Gasteiger partial charge in [-0.3, -0.25) is 5.43 Å². The van der Waals surface area contributed by atoms with Crippen LogP contribution >= 0.6 is 0 Å². The summed E-state index contributed by atoms with van der Waals surface area (Å²) < 4.78 is 24.7. The van der Waals surface area contributed by atoms with Crippen molar-refractivity contribution in [1.82, 2.24) is 21.7 Å². The number of nitrogens with two attached hydrogens (primary N) is 1. The topological polar surface area (TPSA) is 116 Å². The van der Waals surface area contributed by atoms with Crippen molar-refractivity contribution in [2.75, 3.05) is 13.7 Å². The molecule has 32 heavy (non-hydrogen) atoms. The second-order valence-corrected chi connectivity index (χ2v) is 8.29. The molecule has 2 saturated heterocycles. The number of halogens is 1. The van der Waals surface area contributed by atoms with Gasteiger partial charge < -0.3 is 15.2 Å². The molecule has 6 unspecified atom stereocenters. The van der Waals surface area contributed by atoms with Gasteiger partial charge in [0.05, 0.1) is 24.8 Å². The van der Waals surface area contributed by atoms with Crippen LogP contribution in [0.2, 0.25) is 0 Å². The van der Waals surface area contributed by atoms with Gasteiger partial charge in [0.1, 0.15) is 17.6 Å². The Kier molecular flexibility index (Phi) is 5.45. The number of hydrogen-bond donors (Lipinski definition) is 5. The minimum atomic E-state index is -0.390. The Morgan fingerprint density at radius 2 is 1.72 bits per heavy atom. The van der Waals surface area contributed by atoms with Crippen LogP contribution in [0.5, 0.6) is 5.75 Å². The largest absolute Gasteiger partial charge is 0.497 e. The maximum absolute atomic E-state index is 13.5. The highest BCUT2D eigenvalue weighted by Crippen LogP contribution is 2.49. The molecule has 0 radical (unpaired) electrons. The zero-order valence-corrected chi connectivity index (χ0v) is 17.5. The second kappa shape index (κ2) is 8.41. The average Bonchev–Trinajstić information content (AvgIpc) is 3.46. The van der Waals surface area contributed by atoms with Gasteiger partial charge in [-0.05, 0) is 35.4 Å². The first-order valence-corrected chi connectivity index (χ1v) is 10.6. The molecule has 0 aliphatic carbocycles. The lowest BCUT2D eigenvalue weighted by atomic mass is 9.68. The van der Waals surface area contributed by atoms with Crippen molar-refractivity contribution in [3.63, 3.8) is 0 Å². The molecule has 3 aliphatic rings. The van der Waals surface area contributed by atoms with E-state index in [0.29, 0.717) is 12.1 Å². The fourth-order valence-corrected chi connectivity index (χ4v) is 5.19. The zero-order chi connectivity index (χ0) is 22.2. The predicted molar refractivity (Wildman–Crippen MR) is 114 cm³/mol. The van der Waals surface area contributed by atoms with Gasteiger partial charge in [-0.15, -0.1) is 0 Å². The monoisotopic (exact) mass is 436 g/mol. The Labute approximate surface area is 185 Å². The number of hydrogen-bond acceptors (Lipinski definition) is 8. The van der Waals surface area contributed by atoms with Gasteiger partial charge in [-0.25, -0.2) is 20.7 Å². The number of ether oxygens (including phenoxy) is 2. The van der Waals surface area contributed by atoms with E-state index < -0.39 is 6.23 Å². The van der Waals surface area contributed by atoms with Crippen LogP contribution in [0.25, 0.3) is 0 Å². The van der Waals surface area contributed by atoms with Gasteiger partial charge in [0.2, 0.25) is 0 Å².